The largest absolute Gasteiger partial charge is 0.416 e. The maximum Gasteiger partial charge on any atom is 0.416 e. The SMILES string of the molecule is CC(C)c1nc2c(c(C3CCCC3)c1C(=O)c1ccc(C(F)(F)F)cc1)[C@@H](O[Si](C)(C)C(C)(C)C)CC(C)(C)C2. The molecule has 0 bridgehead atoms. The van der Waals surface area contributed by atoms with Gasteiger partial charge in [0.1, 0.15) is 0 Å². The van der Waals surface area contributed by atoms with Crippen LogP contribution in [0.5, 0.6) is 0 Å². The van der Waals surface area contributed by atoms with Crippen LogP contribution in [-0.4, -0.2) is 19.1 Å². The fourth-order valence-electron chi connectivity index (χ4n) is 6.20. The van der Waals surface area contributed by atoms with Gasteiger partial charge < -0.3 is 4.43 Å². The van der Waals surface area contributed by atoms with Gasteiger partial charge in [-0.25, -0.2) is 0 Å². The van der Waals surface area contributed by atoms with Crippen LogP contribution in [0.4, 0.5) is 13.2 Å². The van der Waals surface area contributed by atoms with Crippen molar-refractivity contribution in [1.82, 2.24) is 4.98 Å². The first-order valence-corrected chi connectivity index (χ1v) is 17.7. The molecule has 0 unspecified atom stereocenters. The highest BCUT2D eigenvalue weighted by molar-refractivity contribution is 6.74. The maximum absolute atomic E-state index is 14.3. The second kappa shape index (κ2) is 10.7. The quantitative estimate of drug-likeness (QED) is 0.255. The van der Waals surface area contributed by atoms with Crippen molar-refractivity contribution in [3.05, 3.63) is 63.5 Å². The number of benzene rings is 1. The van der Waals surface area contributed by atoms with Gasteiger partial charge in [-0.1, -0.05) is 73.4 Å². The summed E-state index contributed by atoms with van der Waals surface area (Å²) in [5, 5.41) is 0.0203. The summed E-state index contributed by atoms with van der Waals surface area (Å²) in [6.45, 7) is 19.9. The molecule has 0 N–H and O–H groups in total. The Morgan fingerprint density at radius 2 is 1.60 bits per heavy atom. The number of carbonyl (C=O) groups excluding carboxylic acids is 1. The molecule has 0 aliphatic heterocycles. The highest BCUT2D eigenvalue weighted by Crippen LogP contribution is 2.52. The molecule has 2 aliphatic carbocycles. The van der Waals surface area contributed by atoms with Crippen LogP contribution < -0.4 is 0 Å². The molecule has 0 radical (unpaired) electrons. The van der Waals surface area contributed by atoms with Crippen molar-refractivity contribution < 1.29 is 22.4 Å². The molecule has 2 aromatic rings. The summed E-state index contributed by atoms with van der Waals surface area (Å²) in [7, 11) is -2.17. The predicted molar refractivity (Wildman–Crippen MR) is 158 cm³/mol. The van der Waals surface area contributed by atoms with Gasteiger partial charge in [-0.15, -0.1) is 0 Å². The summed E-state index contributed by atoms with van der Waals surface area (Å²) in [6, 6.07) is 4.66. The third kappa shape index (κ3) is 6.11. The second-order valence-corrected chi connectivity index (χ2v) is 19.4. The number of aromatic nitrogens is 1. The monoisotopic (exact) mass is 573 g/mol. The van der Waals surface area contributed by atoms with Gasteiger partial charge >= 0.3 is 6.18 Å². The maximum atomic E-state index is 14.3. The van der Waals surface area contributed by atoms with E-state index in [1.807, 2.05) is 13.8 Å². The van der Waals surface area contributed by atoms with Crippen LogP contribution in [0.25, 0.3) is 0 Å². The van der Waals surface area contributed by atoms with Crippen molar-refractivity contribution in [2.75, 3.05) is 0 Å². The predicted octanol–water partition coefficient (Wildman–Crippen LogP) is 10.1. The summed E-state index contributed by atoms with van der Waals surface area (Å²) in [5.74, 6) is -0.0245. The Kier molecular flexibility index (Phi) is 8.27. The molecule has 1 atom stereocenters. The minimum Gasteiger partial charge on any atom is -0.410 e. The molecule has 1 saturated carbocycles. The van der Waals surface area contributed by atoms with E-state index in [0.29, 0.717) is 5.56 Å². The van der Waals surface area contributed by atoms with Crippen LogP contribution in [0, 0.1) is 5.41 Å². The summed E-state index contributed by atoms with van der Waals surface area (Å²) in [5.41, 5.74) is 4.07. The molecule has 4 rings (SSSR count). The van der Waals surface area contributed by atoms with Gasteiger partial charge in [0, 0.05) is 22.4 Å². The van der Waals surface area contributed by atoms with E-state index in [4.69, 9.17) is 9.41 Å². The van der Waals surface area contributed by atoms with Crippen molar-refractivity contribution in [3.63, 3.8) is 0 Å². The number of hydrogen-bond donors (Lipinski definition) is 0. The van der Waals surface area contributed by atoms with E-state index in [1.165, 1.54) is 12.1 Å². The minimum atomic E-state index is -4.45. The number of alkyl halides is 3. The minimum absolute atomic E-state index is 0.00677. The molecule has 0 spiro atoms. The number of fused-ring (bicyclic) bond motifs is 1. The highest BCUT2D eigenvalue weighted by atomic mass is 28.4. The molecular formula is C33H46F3NO2Si. The zero-order valence-electron chi connectivity index (χ0n) is 25.7. The van der Waals surface area contributed by atoms with E-state index in [-0.39, 0.29) is 39.7 Å². The Hall–Kier alpha value is -1.99. The number of nitrogens with zero attached hydrogens (tertiary/aromatic N) is 1. The third-order valence-electron chi connectivity index (χ3n) is 9.34. The molecular weight excluding hydrogens is 527 g/mol. The van der Waals surface area contributed by atoms with Gasteiger partial charge in [0.05, 0.1) is 17.4 Å². The van der Waals surface area contributed by atoms with Crippen LogP contribution in [-0.2, 0) is 17.0 Å². The lowest BCUT2D eigenvalue weighted by molar-refractivity contribution is -0.137. The Balaban J connectivity index is 1.98. The van der Waals surface area contributed by atoms with Crippen molar-refractivity contribution in [3.8, 4) is 0 Å². The van der Waals surface area contributed by atoms with Gasteiger partial charge in [-0.2, -0.15) is 13.2 Å². The summed E-state index contributed by atoms with van der Waals surface area (Å²) < 4.78 is 47.0. The van der Waals surface area contributed by atoms with Crippen molar-refractivity contribution in [2.24, 2.45) is 5.41 Å². The summed E-state index contributed by atoms with van der Waals surface area (Å²) in [6.07, 6.45) is 1.25. The first-order chi connectivity index (χ1) is 18.3. The second-order valence-electron chi connectivity index (χ2n) is 14.6. The smallest absolute Gasteiger partial charge is 0.410 e. The average Bonchev–Trinajstić information content (AvgIpc) is 3.35. The van der Waals surface area contributed by atoms with Crippen LogP contribution in [0.2, 0.25) is 18.1 Å². The lowest BCUT2D eigenvalue weighted by atomic mass is 9.70. The van der Waals surface area contributed by atoms with Crippen LogP contribution in [0.1, 0.15) is 143 Å². The molecule has 1 aromatic carbocycles. The molecule has 220 valence electrons. The Morgan fingerprint density at radius 3 is 2.10 bits per heavy atom. The first kappa shape index (κ1) is 31.0. The highest BCUT2D eigenvalue weighted by Gasteiger charge is 2.45. The molecule has 2 aliphatic rings. The van der Waals surface area contributed by atoms with Crippen LogP contribution in [0.15, 0.2) is 24.3 Å². The van der Waals surface area contributed by atoms with Gasteiger partial charge in [0.15, 0.2) is 14.1 Å². The Morgan fingerprint density at radius 1 is 1.02 bits per heavy atom. The summed E-state index contributed by atoms with van der Waals surface area (Å²) in [4.78, 5) is 19.5. The number of pyridine rings is 1. The molecule has 40 heavy (non-hydrogen) atoms. The number of halogens is 3. The molecule has 7 heteroatoms. The zero-order valence-corrected chi connectivity index (χ0v) is 26.7. The number of carbonyl (C=O) groups is 1. The Labute approximate surface area is 239 Å². The number of ketones is 1. The van der Waals surface area contributed by atoms with E-state index in [0.717, 1.165) is 73.2 Å². The van der Waals surface area contributed by atoms with Crippen molar-refractivity contribution >= 4 is 14.1 Å². The lowest BCUT2D eigenvalue weighted by Gasteiger charge is -2.45. The van der Waals surface area contributed by atoms with E-state index < -0.39 is 20.1 Å². The van der Waals surface area contributed by atoms with Gasteiger partial charge in [0.25, 0.3) is 0 Å². The molecule has 1 fully saturated rings. The van der Waals surface area contributed by atoms with E-state index in [2.05, 4.69) is 47.7 Å². The number of rotatable bonds is 6. The Bertz CT molecular complexity index is 1250. The van der Waals surface area contributed by atoms with Crippen molar-refractivity contribution in [1.29, 1.82) is 0 Å². The van der Waals surface area contributed by atoms with E-state index in [9.17, 15) is 18.0 Å². The summed E-state index contributed by atoms with van der Waals surface area (Å²) >= 11 is 0. The normalized spacial score (nSPS) is 20.2. The first-order valence-electron chi connectivity index (χ1n) is 14.8. The lowest BCUT2D eigenvalue weighted by Crippen LogP contribution is -2.44. The topological polar surface area (TPSA) is 39.2 Å². The molecule has 0 saturated heterocycles. The van der Waals surface area contributed by atoms with Crippen LogP contribution in [0.3, 0.4) is 0 Å². The third-order valence-corrected chi connectivity index (χ3v) is 13.8. The number of hydrogen-bond acceptors (Lipinski definition) is 3. The van der Waals surface area contributed by atoms with Crippen LogP contribution >= 0.6 is 0 Å². The van der Waals surface area contributed by atoms with E-state index in [1.54, 1.807) is 0 Å². The fourth-order valence-corrected chi connectivity index (χ4v) is 7.46. The standard InChI is InChI=1S/C33H46F3NO2Si/c1-20(2)29-28(30(38)22-14-16-23(17-15-22)33(34,35)36)26(21-12-10-11-13-21)27-24(37-29)18-32(6,7)19-25(27)39-40(8,9)31(3,4)5/h14-17,20-21,25H,10-13,18-19H2,1-9H3/t25-/m0/s1. The van der Waals surface area contributed by atoms with E-state index >= 15 is 0 Å². The average molecular weight is 574 g/mol. The van der Waals surface area contributed by atoms with Gasteiger partial charge in [-0.05, 0) is 78.8 Å². The molecule has 3 nitrogen and oxygen atoms in total. The van der Waals surface area contributed by atoms with Gasteiger partial charge in [0.2, 0.25) is 0 Å². The fraction of sp³-hybridized carbons (Fsp3) is 0.636. The van der Waals surface area contributed by atoms with Crippen molar-refractivity contribution in [2.45, 2.75) is 129 Å². The zero-order chi connectivity index (χ0) is 29.8. The van der Waals surface area contributed by atoms with Gasteiger partial charge in [-0.3, -0.25) is 9.78 Å². The molecule has 0 amide bonds. The molecule has 1 aromatic heterocycles. The molecule has 1 heterocycles.